The van der Waals surface area contributed by atoms with Gasteiger partial charge in [0.15, 0.2) is 0 Å². The van der Waals surface area contributed by atoms with Gasteiger partial charge in [-0.2, -0.15) is 0 Å². The molecule has 0 spiro atoms. The molecular formula is C15H19N3. The fourth-order valence-electron chi connectivity index (χ4n) is 2.16. The van der Waals surface area contributed by atoms with Gasteiger partial charge in [-0.15, -0.1) is 0 Å². The third-order valence-electron chi connectivity index (χ3n) is 2.99. The lowest BCUT2D eigenvalue weighted by Crippen LogP contribution is -2.22. The molecule has 1 aromatic carbocycles. The van der Waals surface area contributed by atoms with Gasteiger partial charge in [-0.05, 0) is 37.4 Å². The van der Waals surface area contributed by atoms with Crippen LogP contribution in [0.3, 0.4) is 0 Å². The fourth-order valence-corrected chi connectivity index (χ4v) is 2.16. The number of rotatable bonds is 4. The summed E-state index contributed by atoms with van der Waals surface area (Å²) < 4.78 is 0. The summed E-state index contributed by atoms with van der Waals surface area (Å²) in [7, 11) is 4.13. The fraction of sp³-hybridized carbons (Fsp3) is 0.267. The Hall–Kier alpha value is -1.71. The molecule has 0 saturated carbocycles. The molecule has 2 N–H and O–H groups in total. The average Bonchev–Trinajstić information content (AvgIpc) is 2.40. The van der Waals surface area contributed by atoms with E-state index in [4.69, 9.17) is 5.73 Å². The smallest absolute Gasteiger partial charge is 0.0771 e. The second-order valence-corrected chi connectivity index (χ2v) is 4.57. The maximum Gasteiger partial charge on any atom is 0.0771 e. The van der Waals surface area contributed by atoms with Crippen molar-refractivity contribution >= 4 is 0 Å². The zero-order valence-corrected chi connectivity index (χ0v) is 10.9. The number of nitrogens with zero attached hydrogens (tertiary/aromatic N) is 2. The molecule has 1 atom stereocenters. The normalized spacial score (nSPS) is 12.7. The predicted molar refractivity (Wildman–Crippen MR) is 74.1 cm³/mol. The van der Waals surface area contributed by atoms with Crippen molar-refractivity contribution in [3.8, 4) is 0 Å². The Morgan fingerprint density at radius 2 is 2.00 bits per heavy atom. The summed E-state index contributed by atoms with van der Waals surface area (Å²) in [5.41, 5.74) is 9.13. The van der Waals surface area contributed by atoms with Crippen LogP contribution in [0.1, 0.15) is 22.9 Å². The highest BCUT2D eigenvalue weighted by molar-refractivity contribution is 5.31. The highest BCUT2D eigenvalue weighted by atomic mass is 15.1. The zero-order valence-electron chi connectivity index (χ0n) is 10.9. The van der Waals surface area contributed by atoms with Crippen molar-refractivity contribution in [3.63, 3.8) is 0 Å². The minimum atomic E-state index is 0.165. The molecule has 18 heavy (non-hydrogen) atoms. The average molecular weight is 241 g/mol. The Morgan fingerprint density at radius 3 is 2.61 bits per heavy atom. The van der Waals surface area contributed by atoms with Gasteiger partial charge in [-0.3, -0.25) is 9.88 Å². The maximum atomic E-state index is 5.70. The van der Waals surface area contributed by atoms with Gasteiger partial charge in [-0.1, -0.05) is 30.3 Å². The first-order valence-corrected chi connectivity index (χ1v) is 6.08. The molecule has 0 radical (unpaired) electrons. The first-order chi connectivity index (χ1) is 8.72. The summed E-state index contributed by atoms with van der Waals surface area (Å²) in [6.45, 7) is 0.566. The van der Waals surface area contributed by atoms with Gasteiger partial charge in [0.2, 0.25) is 0 Å². The van der Waals surface area contributed by atoms with E-state index in [0.717, 1.165) is 11.3 Å². The highest BCUT2D eigenvalue weighted by Gasteiger charge is 2.17. The zero-order chi connectivity index (χ0) is 13.0. The lowest BCUT2D eigenvalue weighted by molar-refractivity contribution is 0.336. The van der Waals surface area contributed by atoms with Crippen LogP contribution in [0.25, 0.3) is 0 Å². The third-order valence-corrected chi connectivity index (χ3v) is 2.99. The maximum absolute atomic E-state index is 5.70. The van der Waals surface area contributed by atoms with Gasteiger partial charge in [0.1, 0.15) is 0 Å². The summed E-state index contributed by atoms with van der Waals surface area (Å²) in [5, 5.41) is 0. The van der Waals surface area contributed by atoms with E-state index in [-0.39, 0.29) is 6.04 Å². The number of benzene rings is 1. The first-order valence-electron chi connectivity index (χ1n) is 6.08. The van der Waals surface area contributed by atoms with Gasteiger partial charge >= 0.3 is 0 Å². The van der Waals surface area contributed by atoms with Crippen LogP contribution in [0.2, 0.25) is 0 Å². The Balaban J connectivity index is 2.42. The minimum absolute atomic E-state index is 0.165. The molecular weight excluding hydrogens is 222 g/mol. The third kappa shape index (κ3) is 2.75. The lowest BCUT2D eigenvalue weighted by Gasteiger charge is -2.24. The highest BCUT2D eigenvalue weighted by Crippen LogP contribution is 2.25. The molecule has 1 unspecified atom stereocenters. The molecule has 94 valence electrons. The molecule has 2 aromatic rings. The summed E-state index contributed by atoms with van der Waals surface area (Å²) >= 11 is 0. The van der Waals surface area contributed by atoms with E-state index in [1.807, 2.05) is 18.3 Å². The number of aromatic nitrogens is 1. The van der Waals surface area contributed by atoms with Gasteiger partial charge in [0, 0.05) is 12.7 Å². The lowest BCUT2D eigenvalue weighted by atomic mass is 10.00. The Bertz CT molecular complexity index is 494. The van der Waals surface area contributed by atoms with Crippen LogP contribution >= 0.6 is 0 Å². The molecule has 0 saturated heterocycles. The van der Waals surface area contributed by atoms with Crippen LogP contribution in [-0.2, 0) is 6.54 Å². The molecule has 0 fully saturated rings. The number of pyridine rings is 1. The van der Waals surface area contributed by atoms with Crippen molar-refractivity contribution in [2.24, 2.45) is 5.73 Å². The van der Waals surface area contributed by atoms with Gasteiger partial charge in [0.25, 0.3) is 0 Å². The van der Waals surface area contributed by atoms with Crippen LogP contribution < -0.4 is 5.73 Å². The molecule has 0 aliphatic carbocycles. The number of nitrogens with two attached hydrogens (primary N) is 1. The van der Waals surface area contributed by atoms with Crippen molar-refractivity contribution in [2.45, 2.75) is 12.6 Å². The van der Waals surface area contributed by atoms with Crippen LogP contribution in [0, 0.1) is 0 Å². The molecule has 1 aromatic heterocycles. The van der Waals surface area contributed by atoms with Crippen molar-refractivity contribution in [3.05, 3.63) is 65.5 Å². The van der Waals surface area contributed by atoms with E-state index in [1.54, 1.807) is 0 Å². The van der Waals surface area contributed by atoms with E-state index < -0.39 is 0 Å². The molecule has 1 heterocycles. The van der Waals surface area contributed by atoms with Crippen LogP contribution in [0.15, 0.2) is 48.7 Å². The van der Waals surface area contributed by atoms with Gasteiger partial charge in [-0.25, -0.2) is 0 Å². The van der Waals surface area contributed by atoms with E-state index in [9.17, 15) is 0 Å². The summed E-state index contributed by atoms with van der Waals surface area (Å²) in [6.07, 6.45) is 1.83. The monoisotopic (exact) mass is 241 g/mol. The first kappa shape index (κ1) is 12.7. The van der Waals surface area contributed by atoms with Gasteiger partial charge in [0.05, 0.1) is 11.7 Å². The van der Waals surface area contributed by atoms with Gasteiger partial charge < -0.3 is 5.73 Å². The topological polar surface area (TPSA) is 42.1 Å². The van der Waals surface area contributed by atoms with E-state index in [0.29, 0.717) is 6.54 Å². The SMILES string of the molecule is CN(C)C(c1cccc(CN)c1)c1ccccn1. The van der Waals surface area contributed by atoms with Crippen molar-refractivity contribution in [1.29, 1.82) is 0 Å². The number of hydrogen-bond acceptors (Lipinski definition) is 3. The second kappa shape index (κ2) is 5.76. The largest absolute Gasteiger partial charge is 0.326 e. The molecule has 0 aliphatic rings. The quantitative estimate of drug-likeness (QED) is 0.892. The Kier molecular flexibility index (Phi) is 4.07. The predicted octanol–water partition coefficient (Wildman–Crippen LogP) is 2.19. The number of hydrogen-bond donors (Lipinski definition) is 1. The summed E-state index contributed by atoms with van der Waals surface area (Å²) in [6, 6.07) is 14.6. The summed E-state index contributed by atoms with van der Waals surface area (Å²) in [4.78, 5) is 6.62. The van der Waals surface area contributed by atoms with E-state index in [1.165, 1.54) is 5.56 Å². The molecule has 3 heteroatoms. The standard InChI is InChI=1S/C15H19N3/c1-18(2)15(14-8-3-4-9-17-14)13-7-5-6-12(10-13)11-16/h3-10,15H,11,16H2,1-2H3. The summed E-state index contributed by atoms with van der Waals surface area (Å²) in [5.74, 6) is 0. The van der Waals surface area contributed by atoms with Crippen molar-refractivity contribution < 1.29 is 0 Å². The molecule has 0 amide bonds. The molecule has 2 rings (SSSR count). The minimum Gasteiger partial charge on any atom is -0.326 e. The molecule has 0 aliphatic heterocycles. The van der Waals surface area contributed by atoms with Crippen LogP contribution in [0.4, 0.5) is 0 Å². The van der Waals surface area contributed by atoms with E-state index in [2.05, 4.69) is 54.3 Å². The van der Waals surface area contributed by atoms with Crippen molar-refractivity contribution in [2.75, 3.05) is 14.1 Å². The Morgan fingerprint density at radius 1 is 1.17 bits per heavy atom. The van der Waals surface area contributed by atoms with Crippen LogP contribution in [0.5, 0.6) is 0 Å². The van der Waals surface area contributed by atoms with E-state index >= 15 is 0 Å². The second-order valence-electron chi connectivity index (χ2n) is 4.57. The van der Waals surface area contributed by atoms with Crippen LogP contribution in [-0.4, -0.2) is 24.0 Å². The molecule has 0 bridgehead atoms. The molecule has 3 nitrogen and oxygen atoms in total. The Labute approximate surface area is 108 Å². The van der Waals surface area contributed by atoms with Crippen molar-refractivity contribution in [1.82, 2.24) is 9.88 Å².